The Hall–Kier alpha value is -1.77. The Labute approximate surface area is 121 Å². The first-order valence-corrected chi connectivity index (χ1v) is 7.17. The number of benzene rings is 1. The van der Waals surface area contributed by atoms with Gasteiger partial charge in [-0.05, 0) is 24.5 Å². The third-order valence-electron chi connectivity index (χ3n) is 3.29. The van der Waals surface area contributed by atoms with Crippen LogP contribution in [0.5, 0.6) is 5.88 Å². The lowest BCUT2D eigenvalue weighted by molar-refractivity contribution is 0.438. The van der Waals surface area contributed by atoms with E-state index in [2.05, 4.69) is 39.7 Å². The molecule has 20 heavy (non-hydrogen) atoms. The van der Waals surface area contributed by atoms with Crippen LogP contribution in [0.25, 0.3) is 5.69 Å². The van der Waals surface area contributed by atoms with Gasteiger partial charge in [-0.25, -0.2) is 4.68 Å². The van der Waals surface area contributed by atoms with Crippen molar-refractivity contribution in [2.45, 2.75) is 46.5 Å². The zero-order chi connectivity index (χ0) is 14.9. The average molecular weight is 272 g/mol. The van der Waals surface area contributed by atoms with E-state index in [9.17, 15) is 5.11 Å². The number of hydrogen-bond donors (Lipinski definition) is 1. The second-order valence-electron chi connectivity index (χ2n) is 6.75. The van der Waals surface area contributed by atoms with Crippen LogP contribution in [0.2, 0.25) is 0 Å². The number of nitrogens with zero attached hydrogens (tertiary/aromatic N) is 2. The molecule has 0 atom stereocenters. The molecule has 3 nitrogen and oxygen atoms in total. The molecule has 0 aliphatic rings. The van der Waals surface area contributed by atoms with Gasteiger partial charge in [-0.2, -0.15) is 0 Å². The standard InChI is InChI=1S/C17H24N2O/c1-12(2)11-14-15(17(3,4)5)19(18-16(14)20)13-9-7-6-8-10-13/h6-10,12H,11H2,1-5H3,(H,18,20). The molecule has 2 rings (SSSR count). The molecule has 1 heterocycles. The topological polar surface area (TPSA) is 38.1 Å². The number of para-hydroxylation sites is 1. The Morgan fingerprint density at radius 3 is 2.25 bits per heavy atom. The van der Waals surface area contributed by atoms with Gasteiger partial charge in [0.25, 0.3) is 0 Å². The highest BCUT2D eigenvalue weighted by Gasteiger charge is 2.28. The van der Waals surface area contributed by atoms with Crippen LogP contribution < -0.4 is 0 Å². The Bertz CT molecular complexity index is 577. The maximum atomic E-state index is 10.3. The van der Waals surface area contributed by atoms with Crippen molar-refractivity contribution in [3.63, 3.8) is 0 Å². The van der Waals surface area contributed by atoms with Crippen molar-refractivity contribution in [3.8, 4) is 11.6 Å². The fraction of sp³-hybridized carbons (Fsp3) is 0.471. The van der Waals surface area contributed by atoms with Gasteiger partial charge in [0.1, 0.15) is 0 Å². The van der Waals surface area contributed by atoms with Gasteiger partial charge in [-0.3, -0.25) is 0 Å². The molecular weight excluding hydrogens is 248 g/mol. The summed E-state index contributed by atoms with van der Waals surface area (Å²) in [6, 6.07) is 9.99. The molecule has 0 saturated heterocycles. The summed E-state index contributed by atoms with van der Waals surface area (Å²) in [6.07, 6.45) is 0.839. The predicted octanol–water partition coefficient (Wildman–Crippen LogP) is 4.07. The predicted molar refractivity (Wildman–Crippen MR) is 82.5 cm³/mol. The van der Waals surface area contributed by atoms with Gasteiger partial charge in [-0.15, -0.1) is 5.10 Å². The monoisotopic (exact) mass is 272 g/mol. The highest BCUT2D eigenvalue weighted by Crippen LogP contribution is 2.34. The number of hydrogen-bond acceptors (Lipinski definition) is 2. The minimum absolute atomic E-state index is 0.0754. The van der Waals surface area contributed by atoms with Crippen LogP contribution >= 0.6 is 0 Å². The summed E-state index contributed by atoms with van der Waals surface area (Å²) in [5.74, 6) is 0.642. The highest BCUT2D eigenvalue weighted by atomic mass is 16.3. The van der Waals surface area contributed by atoms with Gasteiger partial charge in [0.05, 0.1) is 11.4 Å². The first kappa shape index (κ1) is 14.6. The summed E-state index contributed by atoms with van der Waals surface area (Å²) < 4.78 is 1.88. The normalized spacial score (nSPS) is 12.1. The van der Waals surface area contributed by atoms with E-state index in [-0.39, 0.29) is 11.3 Å². The summed E-state index contributed by atoms with van der Waals surface area (Å²) in [7, 11) is 0. The van der Waals surface area contributed by atoms with E-state index in [4.69, 9.17) is 0 Å². The first-order chi connectivity index (χ1) is 9.30. The van der Waals surface area contributed by atoms with Crippen LogP contribution in [0.4, 0.5) is 0 Å². The van der Waals surface area contributed by atoms with Gasteiger partial charge in [0.15, 0.2) is 0 Å². The van der Waals surface area contributed by atoms with Gasteiger partial charge in [-0.1, -0.05) is 52.8 Å². The lowest BCUT2D eigenvalue weighted by Crippen LogP contribution is -2.20. The molecule has 108 valence electrons. The van der Waals surface area contributed by atoms with E-state index in [0.717, 1.165) is 23.4 Å². The second kappa shape index (κ2) is 5.31. The van der Waals surface area contributed by atoms with E-state index < -0.39 is 0 Å². The molecular formula is C17H24N2O. The third-order valence-corrected chi connectivity index (χ3v) is 3.29. The molecule has 0 saturated carbocycles. The van der Waals surface area contributed by atoms with Crippen LogP contribution in [0.1, 0.15) is 45.9 Å². The Morgan fingerprint density at radius 1 is 1.15 bits per heavy atom. The van der Waals surface area contributed by atoms with Crippen LogP contribution in [-0.4, -0.2) is 14.9 Å². The zero-order valence-electron chi connectivity index (χ0n) is 13.0. The van der Waals surface area contributed by atoms with Gasteiger partial charge < -0.3 is 5.11 Å². The largest absolute Gasteiger partial charge is 0.492 e. The van der Waals surface area contributed by atoms with Crippen molar-refractivity contribution in [2.75, 3.05) is 0 Å². The maximum Gasteiger partial charge on any atom is 0.234 e. The molecule has 1 N–H and O–H groups in total. The Balaban J connectivity index is 2.64. The molecule has 0 aliphatic heterocycles. The summed E-state index contributed by atoms with van der Waals surface area (Å²) in [5, 5.41) is 14.6. The van der Waals surface area contributed by atoms with Gasteiger partial charge in [0.2, 0.25) is 5.88 Å². The molecule has 1 aromatic carbocycles. The lowest BCUT2D eigenvalue weighted by Gasteiger charge is -2.23. The molecule has 0 unspecified atom stereocenters. The highest BCUT2D eigenvalue weighted by molar-refractivity contribution is 5.42. The van der Waals surface area contributed by atoms with Crippen molar-refractivity contribution in [2.24, 2.45) is 5.92 Å². The van der Waals surface area contributed by atoms with Crippen LogP contribution in [0.3, 0.4) is 0 Å². The average Bonchev–Trinajstić information content (AvgIpc) is 2.67. The van der Waals surface area contributed by atoms with E-state index in [1.807, 2.05) is 35.0 Å². The molecule has 0 radical (unpaired) electrons. The fourth-order valence-corrected chi connectivity index (χ4v) is 2.56. The van der Waals surface area contributed by atoms with Crippen molar-refractivity contribution in [1.29, 1.82) is 0 Å². The van der Waals surface area contributed by atoms with E-state index >= 15 is 0 Å². The first-order valence-electron chi connectivity index (χ1n) is 7.17. The molecule has 0 spiro atoms. The van der Waals surface area contributed by atoms with Gasteiger partial charge >= 0.3 is 0 Å². The van der Waals surface area contributed by atoms with E-state index in [1.165, 1.54) is 0 Å². The minimum atomic E-state index is -0.0754. The SMILES string of the molecule is CC(C)Cc1c(O)nn(-c2ccccc2)c1C(C)(C)C. The smallest absolute Gasteiger partial charge is 0.234 e. The molecule has 0 fully saturated rings. The molecule has 1 aromatic heterocycles. The van der Waals surface area contributed by atoms with Crippen molar-refractivity contribution >= 4 is 0 Å². The number of rotatable bonds is 3. The molecule has 2 aromatic rings. The number of aromatic nitrogens is 2. The van der Waals surface area contributed by atoms with E-state index in [1.54, 1.807) is 0 Å². The summed E-state index contributed by atoms with van der Waals surface area (Å²) in [5.41, 5.74) is 2.97. The van der Waals surface area contributed by atoms with Crippen LogP contribution in [0.15, 0.2) is 30.3 Å². The summed E-state index contributed by atoms with van der Waals surface area (Å²) in [4.78, 5) is 0. The molecule has 0 amide bonds. The number of aromatic hydroxyl groups is 1. The van der Waals surface area contributed by atoms with Crippen molar-refractivity contribution in [1.82, 2.24) is 9.78 Å². The van der Waals surface area contributed by atoms with Gasteiger partial charge in [0, 0.05) is 11.0 Å². The van der Waals surface area contributed by atoms with E-state index in [0.29, 0.717) is 5.92 Å². The zero-order valence-corrected chi connectivity index (χ0v) is 13.0. The Morgan fingerprint density at radius 2 is 1.75 bits per heavy atom. The molecule has 0 aliphatic carbocycles. The second-order valence-corrected chi connectivity index (χ2v) is 6.75. The summed E-state index contributed by atoms with van der Waals surface area (Å²) in [6.45, 7) is 10.8. The molecule has 0 bridgehead atoms. The maximum absolute atomic E-state index is 10.3. The van der Waals surface area contributed by atoms with Crippen LogP contribution in [-0.2, 0) is 11.8 Å². The third kappa shape index (κ3) is 2.87. The minimum Gasteiger partial charge on any atom is -0.492 e. The van der Waals surface area contributed by atoms with Crippen molar-refractivity contribution < 1.29 is 5.11 Å². The summed E-state index contributed by atoms with van der Waals surface area (Å²) >= 11 is 0. The van der Waals surface area contributed by atoms with Crippen molar-refractivity contribution in [3.05, 3.63) is 41.6 Å². The quantitative estimate of drug-likeness (QED) is 0.914. The Kier molecular flexibility index (Phi) is 3.89. The van der Waals surface area contributed by atoms with Crippen LogP contribution in [0, 0.1) is 5.92 Å². The fourth-order valence-electron chi connectivity index (χ4n) is 2.56. The molecule has 3 heteroatoms. The lowest BCUT2D eigenvalue weighted by atomic mass is 9.86.